The molecule has 0 aromatic carbocycles. The summed E-state index contributed by atoms with van der Waals surface area (Å²) in [6.45, 7) is 8.46. The smallest absolute Gasteiger partial charge is 0.242 e. The third-order valence-electron chi connectivity index (χ3n) is 5.40. The summed E-state index contributed by atoms with van der Waals surface area (Å²) >= 11 is 0. The molecule has 0 aromatic heterocycles. The number of amides is 2. The van der Waals surface area contributed by atoms with Crippen LogP contribution in [-0.4, -0.2) is 66.9 Å². The lowest BCUT2D eigenvalue weighted by Gasteiger charge is -2.37. The Morgan fingerprint density at radius 3 is 2.29 bits per heavy atom. The van der Waals surface area contributed by atoms with Crippen molar-refractivity contribution >= 4 is 11.8 Å². The summed E-state index contributed by atoms with van der Waals surface area (Å²) in [5.41, 5.74) is 5.79. The average molecular weight is 338 g/mol. The van der Waals surface area contributed by atoms with Crippen molar-refractivity contribution in [2.45, 2.75) is 52.0 Å². The maximum absolute atomic E-state index is 12.2. The third-order valence-corrected chi connectivity index (χ3v) is 5.40. The summed E-state index contributed by atoms with van der Waals surface area (Å²) in [5, 5.41) is 2.67. The second-order valence-corrected chi connectivity index (χ2v) is 7.67. The van der Waals surface area contributed by atoms with Crippen molar-refractivity contribution in [2.24, 2.45) is 17.6 Å². The van der Waals surface area contributed by atoms with Crippen LogP contribution in [-0.2, 0) is 9.59 Å². The highest BCUT2D eigenvalue weighted by atomic mass is 16.2. The first-order valence-electron chi connectivity index (χ1n) is 9.50. The number of carbonyl (C=O) groups is 2. The van der Waals surface area contributed by atoms with Gasteiger partial charge in [-0.3, -0.25) is 14.5 Å². The monoisotopic (exact) mass is 338 g/mol. The maximum atomic E-state index is 12.2. The maximum Gasteiger partial charge on any atom is 0.242 e. The Balaban J connectivity index is 1.66. The summed E-state index contributed by atoms with van der Waals surface area (Å²) in [7, 11) is 0. The topological polar surface area (TPSA) is 78.7 Å². The van der Waals surface area contributed by atoms with E-state index in [-0.39, 0.29) is 24.3 Å². The van der Waals surface area contributed by atoms with Gasteiger partial charge < -0.3 is 16.0 Å². The van der Waals surface area contributed by atoms with Crippen LogP contribution in [0.15, 0.2) is 0 Å². The van der Waals surface area contributed by atoms with E-state index in [1.54, 1.807) is 0 Å². The molecule has 2 fully saturated rings. The lowest BCUT2D eigenvalue weighted by Crippen LogP contribution is -2.53. The molecule has 1 heterocycles. The summed E-state index contributed by atoms with van der Waals surface area (Å²) in [4.78, 5) is 28.4. The first-order valence-corrected chi connectivity index (χ1v) is 9.50. The van der Waals surface area contributed by atoms with Gasteiger partial charge in [0.25, 0.3) is 0 Å². The predicted octanol–water partition coefficient (Wildman–Crippen LogP) is 0.810. The molecule has 1 saturated heterocycles. The Morgan fingerprint density at radius 2 is 1.71 bits per heavy atom. The number of piperazine rings is 1. The first kappa shape index (κ1) is 19.2. The number of nitrogens with zero attached hydrogens (tertiary/aromatic N) is 2. The summed E-state index contributed by atoms with van der Waals surface area (Å²) < 4.78 is 0. The van der Waals surface area contributed by atoms with Gasteiger partial charge in [0.1, 0.15) is 0 Å². The van der Waals surface area contributed by atoms with Gasteiger partial charge in [-0.2, -0.15) is 0 Å². The highest BCUT2D eigenvalue weighted by molar-refractivity contribution is 5.87. The van der Waals surface area contributed by atoms with Crippen molar-refractivity contribution in [3.05, 3.63) is 0 Å². The van der Waals surface area contributed by atoms with E-state index in [4.69, 9.17) is 5.73 Å². The summed E-state index contributed by atoms with van der Waals surface area (Å²) in [5.74, 6) is 0.673. The fourth-order valence-corrected chi connectivity index (χ4v) is 3.61. The van der Waals surface area contributed by atoms with Gasteiger partial charge in [0, 0.05) is 32.7 Å². The molecule has 6 heteroatoms. The number of nitrogens with one attached hydrogen (secondary N) is 1. The van der Waals surface area contributed by atoms with Crippen LogP contribution >= 0.6 is 0 Å². The minimum atomic E-state index is -0.551. The lowest BCUT2D eigenvalue weighted by atomic mass is 9.89. The zero-order valence-electron chi connectivity index (χ0n) is 15.3. The van der Waals surface area contributed by atoms with Gasteiger partial charge in [-0.25, -0.2) is 0 Å². The van der Waals surface area contributed by atoms with Crippen molar-refractivity contribution in [3.8, 4) is 0 Å². The second-order valence-electron chi connectivity index (χ2n) is 7.67. The SMILES string of the molecule is CC(C)[C@H](N)C(=O)NCC(=O)N1CCN(CC2CCCCC2)CC1. The molecule has 0 radical (unpaired) electrons. The molecule has 1 atom stereocenters. The number of nitrogens with two attached hydrogens (primary N) is 1. The number of rotatable bonds is 6. The molecule has 0 bridgehead atoms. The van der Waals surface area contributed by atoms with E-state index in [1.807, 2.05) is 18.7 Å². The Labute approximate surface area is 146 Å². The molecule has 0 aromatic rings. The molecular formula is C18H34N4O2. The van der Waals surface area contributed by atoms with Crippen LogP contribution in [0.1, 0.15) is 46.0 Å². The fraction of sp³-hybridized carbons (Fsp3) is 0.889. The van der Waals surface area contributed by atoms with Crippen molar-refractivity contribution < 1.29 is 9.59 Å². The standard InChI is InChI=1S/C18H34N4O2/c1-14(2)17(19)18(24)20-12-16(23)22-10-8-21(9-11-22)13-15-6-4-3-5-7-15/h14-15,17H,3-13,19H2,1-2H3,(H,20,24)/t17-/m0/s1. The molecule has 0 spiro atoms. The third kappa shape index (κ3) is 5.74. The molecular weight excluding hydrogens is 304 g/mol. The molecule has 6 nitrogen and oxygen atoms in total. The summed E-state index contributed by atoms with van der Waals surface area (Å²) in [6, 6.07) is -0.551. The molecule has 2 amide bonds. The van der Waals surface area contributed by atoms with Crippen LogP contribution in [0.2, 0.25) is 0 Å². The van der Waals surface area contributed by atoms with Gasteiger partial charge in [0.2, 0.25) is 11.8 Å². The fourth-order valence-electron chi connectivity index (χ4n) is 3.61. The highest BCUT2D eigenvalue weighted by Gasteiger charge is 2.24. The molecule has 2 rings (SSSR count). The van der Waals surface area contributed by atoms with Crippen molar-refractivity contribution in [2.75, 3.05) is 39.3 Å². The van der Waals surface area contributed by atoms with E-state index in [0.29, 0.717) is 0 Å². The normalized spacial score (nSPS) is 21.8. The van der Waals surface area contributed by atoms with Gasteiger partial charge in [0.05, 0.1) is 12.6 Å². The summed E-state index contributed by atoms with van der Waals surface area (Å²) in [6.07, 6.45) is 6.87. The van der Waals surface area contributed by atoms with E-state index < -0.39 is 6.04 Å². The van der Waals surface area contributed by atoms with Gasteiger partial charge in [-0.15, -0.1) is 0 Å². The van der Waals surface area contributed by atoms with E-state index in [2.05, 4.69) is 10.2 Å². The molecule has 24 heavy (non-hydrogen) atoms. The predicted molar refractivity (Wildman–Crippen MR) is 95.4 cm³/mol. The average Bonchev–Trinajstić information content (AvgIpc) is 2.60. The minimum Gasteiger partial charge on any atom is -0.346 e. The molecule has 1 aliphatic heterocycles. The Morgan fingerprint density at radius 1 is 1.08 bits per heavy atom. The van der Waals surface area contributed by atoms with Crippen LogP contribution in [0.3, 0.4) is 0 Å². The van der Waals surface area contributed by atoms with Crippen LogP contribution in [0.5, 0.6) is 0 Å². The quantitative estimate of drug-likeness (QED) is 0.751. The van der Waals surface area contributed by atoms with Crippen molar-refractivity contribution in [1.82, 2.24) is 15.1 Å². The Kier molecular flexibility index (Phi) is 7.49. The molecule has 1 aliphatic carbocycles. The Hall–Kier alpha value is -1.14. The van der Waals surface area contributed by atoms with E-state index in [1.165, 1.54) is 38.6 Å². The largest absolute Gasteiger partial charge is 0.346 e. The number of hydrogen-bond donors (Lipinski definition) is 2. The molecule has 1 saturated carbocycles. The van der Waals surface area contributed by atoms with Gasteiger partial charge in [-0.1, -0.05) is 33.1 Å². The molecule has 2 aliphatic rings. The van der Waals surface area contributed by atoms with E-state index in [9.17, 15) is 9.59 Å². The molecule has 3 N–H and O–H groups in total. The number of carbonyl (C=O) groups excluding carboxylic acids is 2. The van der Waals surface area contributed by atoms with Crippen LogP contribution < -0.4 is 11.1 Å². The first-order chi connectivity index (χ1) is 11.5. The second kappa shape index (κ2) is 9.37. The van der Waals surface area contributed by atoms with Crippen LogP contribution in [0.25, 0.3) is 0 Å². The van der Waals surface area contributed by atoms with Gasteiger partial charge >= 0.3 is 0 Å². The zero-order valence-corrected chi connectivity index (χ0v) is 15.3. The van der Waals surface area contributed by atoms with Gasteiger partial charge in [0.15, 0.2) is 0 Å². The number of hydrogen-bond acceptors (Lipinski definition) is 4. The van der Waals surface area contributed by atoms with Crippen molar-refractivity contribution in [3.63, 3.8) is 0 Å². The lowest BCUT2D eigenvalue weighted by molar-refractivity contribution is -0.134. The van der Waals surface area contributed by atoms with Crippen molar-refractivity contribution in [1.29, 1.82) is 0 Å². The van der Waals surface area contributed by atoms with E-state index in [0.717, 1.165) is 32.1 Å². The Bertz CT molecular complexity index is 413. The van der Waals surface area contributed by atoms with Crippen LogP contribution in [0.4, 0.5) is 0 Å². The van der Waals surface area contributed by atoms with E-state index >= 15 is 0 Å². The minimum absolute atomic E-state index is 0.00313. The highest BCUT2D eigenvalue weighted by Crippen LogP contribution is 2.24. The van der Waals surface area contributed by atoms with Gasteiger partial charge in [-0.05, 0) is 24.7 Å². The molecule has 138 valence electrons. The molecule has 0 unspecified atom stereocenters. The zero-order chi connectivity index (χ0) is 17.5. The van der Waals surface area contributed by atoms with Crippen LogP contribution in [0, 0.1) is 11.8 Å².